The second-order valence-electron chi connectivity index (χ2n) is 7.13. The number of amides is 1. The van der Waals surface area contributed by atoms with Crippen molar-refractivity contribution < 1.29 is 4.79 Å². The van der Waals surface area contributed by atoms with Crippen molar-refractivity contribution in [2.75, 3.05) is 27.7 Å². The molecule has 0 saturated heterocycles. The predicted octanol–water partition coefficient (Wildman–Crippen LogP) is 3.10. The van der Waals surface area contributed by atoms with Crippen LogP contribution in [0.25, 0.3) is 5.69 Å². The maximum Gasteiger partial charge on any atom is 0.253 e. The number of carbonyl (C=O) groups excluding carboxylic acids is 1. The molecule has 31 heavy (non-hydrogen) atoms. The molecule has 0 fully saturated rings. The average molecular weight is 532 g/mol. The normalized spacial score (nSPS) is 10.9. The topological polar surface area (TPSA) is 74.6 Å². The van der Waals surface area contributed by atoms with Gasteiger partial charge in [0.15, 0.2) is 5.96 Å². The Morgan fingerprint density at radius 1 is 1.06 bits per heavy atom. The first-order chi connectivity index (χ1) is 14.6. The largest absolute Gasteiger partial charge is 0.356 e. The summed E-state index contributed by atoms with van der Waals surface area (Å²) in [6.45, 7) is 1.34. The lowest BCUT2D eigenvalue weighted by Gasteiger charge is -2.13. The zero-order valence-corrected chi connectivity index (χ0v) is 20.4. The number of guanidine groups is 1. The summed E-state index contributed by atoms with van der Waals surface area (Å²) in [6.07, 6.45) is 4.64. The lowest BCUT2D eigenvalue weighted by Crippen LogP contribution is -2.37. The zero-order valence-electron chi connectivity index (χ0n) is 18.1. The van der Waals surface area contributed by atoms with Crippen LogP contribution in [0.4, 0.5) is 0 Å². The molecule has 0 unspecified atom stereocenters. The van der Waals surface area contributed by atoms with E-state index < -0.39 is 0 Å². The van der Waals surface area contributed by atoms with Gasteiger partial charge in [-0.05, 0) is 36.2 Å². The molecule has 0 aliphatic carbocycles. The smallest absolute Gasteiger partial charge is 0.253 e. The molecule has 7 nitrogen and oxygen atoms in total. The molecule has 3 aromatic rings. The van der Waals surface area contributed by atoms with E-state index in [0.717, 1.165) is 29.2 Å². The maximum absolute atomic E-state index is 12.1. The van der Waals surface area contributed by atoms with Crippen molar-refractivity contribution in [2.45, 2.75) is 13.0 Å². The zero-order chi connectivity index (χ0) is 21.3. The minimum absolute atomic E-state index is 0. The van der Waals surface area contributed by atoms with E-state index in [-0.39, 0.29) is 29.9 Å². The fourth-order valence-electron chi connectivity index (χ4n) is 3.02. The Hall–Kier alpha value is -2.88. The number of halogens is 1. The number of nitrogens with one attached hydrogen (secondary N) is 2. The lowest BCUT2D eigenvalue weighted by atomic mass is 10.1. The fourth-order valence-corrected chi connectivity index (χ4v) is 3.02. The number of nitrogens with zero attached hydrogens (tertiary/aromatic N) is 4. The van der Waals surface area contributed by atoms with Crippen LogP contribution in [0.3, 0.4) is 0 Å². The van der Waals surface area contributed by atoms with E-state index in [4.69, 9.17) is 0 Å². The average Bonchev–Trinajstić information content (AvgIpc) is 3.25. The van der Waals surface area contributed by atoms with Gasteiger partial charge in [0.25, 0.3) is 5.91 Å². The summed E-state index contributed by atoms with van der Waals surface area (Å²) in [6, 6.07) is 17.7. The first-order valence-corrected chi connectivity index (χ1v) is 9.91. The highest BCUT2D eigenvalue weighted by molar-refractivity contribution is 14.0. The van der Waals surface area contributed by atoms with Gasteiger partial charge < -0.3 is 15.5 Å². The van der Waals surface area contributed by atoms with E-state index in [9.17, 15) is 4.79 Å². The molecule has 1 amide bonds. The second kappa shape index (κ2) is 12.1. The van der Waals surface area contributed by atoms with Crippen LogP contribution in [-0.2, 0) is 13.0 Å². The van der Waals surface area contributed by atoms with Crippen molar-refractivity contribution in [3.8, 4) is 5.69 Å². The molecule has 0 spiro atoms. The molecule has 2 N–H and O–H groups in total. The van der Waals surface area contributed by atoms with Gasteiger partial charge in [0.05, 0.1) is 11.9 Å². The minimum atomic E-state index is 0. The van der Waals surface area contributed by atoms with Crippen LogP contribution < -0.4 is 10.6 Å². The summed E-state index contributed by atoms with van der Waals surface area (Å²) in [5.74, 6) is 0.737. The molecular weight excluding hydrogens is 503 g/mol. The number of benzene rings is 2. The number of carbonyl (C=O) groups is 1. The molecule has 0 saturated carbocycles. The molecule has 0 bridgehead atoms. The van der Waals surface area contributed by atoms with Crippen molar-refractivity contribution in [1.29, 1.82) is 0 Å². The third kappa shape index (κ3) is 7.09. The highest BCUT2D eigenvalue weighted by Crippen LogP contribution is 2.08. The fraction of sp³-hybridized carbons (Fsp3) is 0.261. The van der Waals surface area contributed by atoms with E-state index in [0.29, 0.717) is 18.7 Å². The third-order valence-corrected chi connectivity index (χ3v) is 4.63. The van der Waals surface area contributed by atoms with Crippen molar-refractivity contribution in [2.24, 2.45) is 4.99 Å². The molecule has 1 heterocycles. The van der Waals surface area contributed by atoms with Gasteiger partial charge in [-0.2, -0.15) is 5.10 Å². The summed E-state index contributed by atoms with van der Waals surface area (Å²) in [7, 11) is 5.27. The van der Waals surface area contributed by atoms with E-state index in [1.807, 2.05) is 71.7 Å². The number of aliphatic imine (C=N–C) groups is 1. The van der Waals surface area contributed by atoms with Gasteiger partial charge in [-0.15, -0.1) is 24.0 Å². The molecule has 8 heteroatoms. The first kappa shape index (κ1) is 24.4. The Morgan fingerprint density at radius 3 is 2.55 bits per heavy atom. The van der Waals surface area contributed by atoms with Crippen molar-refractivity contribution in [3.05, 3.63) is 83.7 Å². The van der Waals surface area contributed by atoms with Crippen molar-refractivity contribution >= 4 is 35.8 Å². The van der Waals surface area contributed by atoms with Gasteiger partial charge in [-0.25, -0.2) is 4.68 Å². The Balaban J connectivity index is 0.00000341. The first-order valence-electron chi connectivity index (χ1n) is 9.91. The van der Waals surface area contributed by atoms with Gasteiger partial charge in [0, 0.05) is 51.6 Å². The van der Waals surface area contributed by atoms with Gasteiger partial charge in [-0.1, -0.05) is 30.3 Å². The number of hydrogen-bond donors (Lipinski definition) is 2. The highest BCUT2D eigenvalue weighted by atomic mass is 127. The summed E-state index contributed by atoms with van der Waals surface area (Å²) >= 11 is 0. The summed E-state index contributed by atoms with van der Waals surface area (Å²) < 4.78 is 1.86. The van der Waals surface area contributed by atoms with Gasteiger partial charge >= 0.3 is 0 Å². The molecule has 3 rings (SSSR count). The lowest BCUT2D eigenvalue weighted by molar-refractivity contribution is 0.0827. The quantitative estimate of drug-likeness (QED) is 0.279. The number of para-hydroxylation sites is 1. The summed E-state index contributed by atoms with van der Waals surface area (Å²) in [5.41, 5.74) is 3.91. The molecule has 0 atom stereocenters. The summed E-state index contributed by atoms with van der Waals surface area (Å²) in [4.78, 5) is 18.0. The van der Waals surface area contributed by atoms with E-state index >= 15 is 0 Å². The number of rotatable bonds is 7. The van der Waals surface area contributed by atoms with Gasteiger partial charge in [0.1, 0.15) is 0 Å². The Labute approximate surface area is 200 Å². The Kier molecular flexibility index (Phi) is 9.51. The van der Waals surface area contributed by atoms with Crippen LogP contribution in [0, 0.1) is 0 Å². The molecule has 0 aliphatic heterocycles. The van der Waals surface area contributed by atoms with Crippen LogP contribution in [0.5, 0.6) is 0 Å². The highest BCUT2D eigenvalue weighted by Gasteiger charge is 2.08. The number of hydrogen-bond acceptors (Lipinski definition) is 3. The second-order valence-corrected chi connectivity index (χ2v) is 7.13. The van der Waals surface area contributed by atoms with E-state index in [1.165, 1.54) is 0 Å². The van der Waals surface area contributed by atoms with Crippen molar-refractivity contribution in [1.82, 2.24) is 25.3 Å². The van der Waals surface area contributed by atoms with Crippen LogP contribution in [0.15, 0.2) is 72.0 Å². The monoisotopic (exact) mass is 532 g/mol. The summed E-state index contributed by atoms with van der Waals surface area (Å²) in [5, 5.41) is 11.0. The molecule has 2 aromatic carbocycles. The van der Waals surface area contributed by atoms with E-state index in [1.54, 1.807) is 26.0 Å². The Bertz CT molecular complexity index is 1000. The molecule has 164 valence electrons. The third-order valence-electron chi connectivity index (χ3n) is 4.63. The van der Waals surface area contributed by atoms with E-state index in [2.05, 4.69) is 20.7 Å². The molecular formula is C23H29IN6O. The van der Waals surface area contributed by atoms with Crippen LogP contribution >= 0.6 is 24.0 Å². The van der Waals surface area contributed by atoms with Crippen molar-refractivity contribution in [3.63, 3.8) is 0 Å². The van der Waals surface area contributed by atoms with Crippen LogP contribution in [0.1, 0.15) is 21.5 Å². The standard InChI is InChI=1S/C23H28N6O.HI/c1-24-23(25-13-12-18-8-7-9-20(14-18)22(30)28(2)3)26-15-19-16-27-29(17-19)21-10-5-4-6-11-21;/h4-11,14,16-17H,12-13,15H2,1-3H3,(H2,24,25,26);1H. The van der Waals surface area contributed by atoms with Gasteiger partial charge in [-0.3, -0.25) is 9.79 Å². The van der Waals surface area contributed by atoms with Gasteiger partial charge in [0.2, 0.25) is 0 Å². The number of aromatic nitrogens is 2. The Morgan fingerprint density at radius 2 is 1.84 bits per heavy atom. The molecule has 0 aliphatic rings. The van der Waals surface area contributed by atoms with Crippen LogP contribution in [0.2, 0.25) is 0 Å². The predicted molar refractivity (Wildman–Crippen MR) is 135 cm³/mol. The SMILES string of the molecule is CN=C(NCCc1cccc(C(=O)N(C)C)c1)NCc1cnn(-c2ccccc2)c1.I. The van der Waals surface area contributed by atoms with Crippen LogP contribution in [-0.4, -0.2) is 54.2 Å². The molecule has 0 radical (unpaired) electrons. The molecule has 1 aromatic heterocycles. The minimum Gasteiger partial charge on any atom is -0.356 e. The maximum atomic E-state index is 12.1.